The third-order valence-electron chi connectivity index (χ3n) is 3.89. The lowest BCUT2D eigenvalue weighted by Crippen LogP contribution is -1.94. The first-order chi connectivity index (χ1) is 9.65. The monoisotopic (exact) mass is 262 g/mol. The van der Waals surface area contributed by atoms with E-state index in [1.807, 2.05) is 24.4 Å². The highest BCUT2D eigenvalue weighted by Crippen LogP contribution is 2.26. The summed E-state index contributed by atoms with van der Waals surface area (Å²) in [5.41, 5.74) is 7.11. The quantitative estimate of drug-likeness (QED) is 0.710. The van der Waals surface area contributed by atoms with Crippen LogP contribution >= 0.6 is 0 Å². The molecule has 0 spiro atoms. The Balaban J connectivity index is 2.07. The van der Waals surface area contributed by atoms with Gasteiger partial charge in [0.05, 0.1) is 17.4 Å². The van der Waals surface area contributed by atoms with Gasteiger partial charge in [0.2, 0.25) is 0 Å². The predicted molar refractivity (Wildman–Crippen MR) is 85.7 cm³/mol. The van der Waals surface area contributed by atoms with Gasteiger partial charge in [0, 0.05) is 11.1 Å². The Kier molecular flexibility index (Phi) is 3.15. The average molecular weight is 262 g/mol. The summed E-state index contributed by atoms with van der Waals surface area (Å²) in [4.78, 5) is 4.58. The van der Waals surface area contributed by atoms with Crippen molar-refractivity contribution >= 4 is 22.3 Å². The molecule has 0 atom stereocenters. The minimum atomic E-state index is 1.02. The molecule has 0 unspecified atom stereocenters. The van der Waals surface area contributed by atoms with E-state index < -0.39 is 0 Å². The van der Waals surface area contributed by atoms with Crippen molar-refractivity contribution in [3.05, 3.63) is 65.4 Å². The van der Waals surface area contributed by atoms with E-state index in [0.717, 1.165) is 16.9 Å². The highest BCUT2D eigenvalue weighted by molar-refractivity contribution is 5.87. The van der Waals surface area contributed by atoms with Crippen LogP contribution in [0.5, 0.6) is 0 Å². The topological polar surface area (TPSA) is 24.9 Å². The lowest BCUT2D eigenvalue weighted by atomic mass is 9.99. The summed E-state index contributed by atoms with van der Waals surface area (Å²) >= 11 is 0. The molecule has 0 saturated heterocycles. The van der Waals surface area contributed by atoms with Crippen LogP contribution in [0.15, 0.2) is 48.7 Å². The van der Waals surface area contributed by atoms with Gasteiger partial charge in [0.25, 0.3) is 0 Å². The molecule has 20 heavy (non-hydrogen) atoms. The third-order valence-corrected chi connectivity index (χ3v) is 3.89. The van der Waals surface area contributed by atoms with Crippen molar-refractivity contribution in [1.29, 1.82) is 0 Å². The first kappa shape index (κ1) is 12.7. The first-order valence-corrected chi connectivity index (χ1v) is 6.84. The summed E-state index contributed by atoms with van der Waals surface area (Å²) in [5, 5.41) is 4.61. The summed E-state index contributed by atoms with van der Waals surface area (Å²) < 4.78 is 0. The maximum Gasteiger partial charge on any atom is 0.0709 e. The molecule has 2 aromatic carbocycles. The minimum Gasteiger partial charge on any atom is -0.354 e. The Morgan fingerprint density at radius 1 is 0.850 bits per heavy atom. The van der Waals surface area contributed by atoms with E-state index in [1.165, 1.54) is 22.1 Å². The van der Waals surface area contributed by atoms with Crippen molar-refractivity contribution in [1.82, 2.24) is 4.98 Å². The van der Waals surface area contributed by atoms with Crippen LogP contribution in [0.4, 0.5) is 11.4 Å². The number of hydrogen-bond donors (Lipinski definition) is 1. The van der Waals surface area contributed by atoms with Crippen molar-refractivity contribution in [2.45, 2.75) is 20.8 Å². The standard InChI is InChI=1S/C18H18N2/c1-12-9-18-17(14(3)13(12)2)10-16(11-19-18)20-15-7-5-4-6-8-15/h4-11,20H,1-3H3. The number of rotatable bonds is 2. The molecular formula is C18H18N2. The number of pyridine rings is 1. The summed E-state index contributed by atoms with van der Waals surface area (Å²) in [6.07, 6.45) is 1.89. The third kappa shape index (κ3) is 2.25. The number of para-hydroxylation sites is 1. The number of benzene rings is 2. The molecule has 0 bridgehead atoms. The molecule has 100 valence electrons. The van der Waals surface area contributed by atoms with E-state index in [9.17, 15) is 0 Å². The van der Waals surface area contributed by atoms with E-state index in [1.54, 1.807) is 0 Å². The highest BCUT2D eigenvalue weighted by atomic mass is 14.9. The molecule has 1 heterocycles. The normalized spacial score (nSPS) is 10.8. The molecular weight excluding hydrogens is 244 g/mol. The molecule has 0 saturated carbocycles. The smallest absolute Gasteiger partial charge is 0.0709 e. The molecule has 3 aromatic rings. The molecule has 0 aliphatic heterocycles. The molecule has 0 amide bonds. The lowest BCUT2D eigenvalue weighted by molar-refractivity contribution is 1.27. The van der Waals surface area contributed by atoms with E-state index in [-0.39, 0.29) is 0 Å². The second-order valence-electron chi connectivity index (χ2n) is 5.23. The van der Waals surface area contributed by atoms with Gasteiger partial charge in [-0.3, -0.25) is 4.98 Å². The van der Waals surface area contributed by atoms with Crippen LogP contribution in [0.25, 0.3) is 10.9 Å². The second-order valence-corrected chi connectivity index (χ2v) is 5.23. The number of nitrogens with one attached hydrogen (secondary N) is 1. The maximum atomic E-state index is 4.58. The van der Waals surface area contributed by atoms with Gasteiger partial charge < -0.3 is 5.32 Å². The first-order valence-electron chi connectivity index (χ1n) is 6.84. The van der Waals surface area contributed by atoms with Crippen molar-refractivity contribution in [2.75, 3.05) is 5.32 Å². The molecule has 1 aromatic heterocycles. The number of fused-ring (bicyclic) bond motifs is 1. The number of anilines is 2. The summed E-state index contributed by atoms with van der Waals surface area (Å²) in [6.45, 7) is 6.47. The van der Waals surface area contributed by atoms with E-state index >= 15 is 0 Å². The van der Waals surface area contributed by atoms with Crippen LogP contribution in [0.3, 0.4) is 0 Å². The average Bonchev–Trinajstić information content (AvgIpc) is 2.47. The van der Waals surface area contributed by atoms with E-state index in [0.29, 0.717) is 0 Å². The molecule has 0 radical (unpaired) electrons. The number of hydrogen-bond acceptors (Lipinski definition) is 2. The van der Waals surface area contributed by atoms with Gasteiger partial charge in [-0.05, 0) is 61.7 Å². The SMILES string of the molecule is Cc1cc2ncc(Nc3ccccc3)cc2c(C)c1C. The Morgan fingerprint density at radius 2 is 1.60 bits per heavy atom. The van der Waals surface area contributed by atoms with Gasteiger partial charge in [-0.2, -0.15) is 0 Å². The molecule has 1 N–H and O–H groups in total. The summed E-state index contributed by atoms with van der Waals surface area (Å²) in [7, 11) is 0. The Bertz CT molecular complexity index is 761. The number of aromatic nitrogens is 1. The zero-order valence-electron chi connectivity index (χ0n) is 12.1. The van der Waals surface area contributed by atoms with Gasteiger partial charge in [-0.1, -0.05) is 18.2 Å². The van der Waals surface area contributed by atoms with Crippen LogP contribution in [0.2, 0.25) is 0 Å². The second kappa shape index (κ2) is 4.97. The number of aryl methyl sites for hydroxylation is 2. The molecule has 2 heteroatoms. The summed E-state index contributed by atoms with van der Waals surface area (Å²) in [5.74, 6) is 0. The van der Waals surface area contributed by atoms with Crippen LogP contribution in [0, 0.1) is 20.8 Å². The highest BCUT2D eigenvalue weighted by Gasteiger charge is 2.06. The van der Waals surface area contributed by atoms with Crippen molar-refractivity contribution in [3.63, 3.8) is 0 Å². The van der Waals surface area contributed by atoms with Crippen molar-refractivity contribution < 1.29 is 0 Å². The van der Waals surface area contributed by atoms with Crippen LogP contribution in [-0.2, 0) is 0 Å². The fourth-order valence-electron chi connectivity index (χ4n) is 2.46. The van der Waals surface area contributed by atoms with Crippen LogP contribution in [0.1, 0.15) is 16.7 Å². The van der Waals surface area contributed by atoms with Gasteiger partial charge >= 0.3 is 0 Å². The van der Waals surface area contributed by atoms with Crippen molar-refractivity contribution in [2.24, 2.45) is 0 Å². The zero-order valence-corrected chi connectivity index (χ0v) is 12.1. The largest absolute Gasteiger partial charge is 0.354 e. The minimum absolute atomic E-state index is 1.02. The molecule has 0 aliphatic rings. The van der Waals surface area contributed by atoms with Gasteiger partial charge in [-0.15, -0.1) is 0 Å². The molecule has 3 rings (SSSR count). The molecule has 0 fully saturated rings. The van der Waals surface area contributed by atoms with Gasteiger partial charge in [0.15, 0.2) is 0 Å². The Hall–Kier alpha value is -2.35. The van der Waals surface area contributed by atoms with Gasteiger partial charge in [-0.25, -0.2) is 0 Å². The molecule has 2 nitrogen and oxygen atoms in total. The number of nitrogens with zero attached hydrogens (tertiary/aromatic N) is 1. The Labute approximate surface area is 119 Å². The van der Waals surface area contributed by atoms with Crippen LogP contribution < -0.4 is 5.32 Å². The summed E-state index contributed by atoms with van der Waals surface area (Å²) in [6, 6.07) is 14.5. The predicted octanol–water partition coefficient (Wildman–Crippen LogP) is 4.90. The Morgan fingerprint density at radius 3 is 2.35 bits per heavy atom. The van der Waals surface area contributed by atoms with E-state index in [2.05, 4.69) is 55.3 Å². The zero-order chi connectivity index (χ0) is 14.1. The van der Waals surface area contributed by atoms with Crippen molar-refractivity contribution in [3.8, 4) is 0 Å². The van der Waals surface area contributed by atoms with Crippen LogP contribution in [-0.4, -0.2) is 4.98 Å². The van der Waals surface area contributed by atoms with E-state index in [4.69, 9.17) is 0 Å². The fourth-order valence-corrected chi connectivity index (χ4v) is 2.46. The maximum absolute atomic E-state index is 4.58. The fraction of sp³-hybridized carbons (Fsp3) is 0.167. The molecule has 0 aliphatic carbocycles. The lowest BCUT2D eigenvalue weighted by Gasteiger charge is -2.11. The van der Waals surface area contributed by atoms with Gasteiger partial charge in [0.1, 0.15) is 0 Å².